The van der Waals surface area contributed by atoms with Crippen LogP contribution in [0.3, 0.4) is 0 Å². The van der Waals surface area contributed by atoms with Crippen molar-refractivity contribution >= 4 is 20.9 Å². The van der Waals surface area contributed by atoms with Crippen LogP contribution in [0.1, 0.15) is 26.3 Å². The summed E-state index contributed by atoms with van der Waals surface area (Å²) in [5.41, 5.74) is 0.716. The monoisotopic (exact) mass is 264 g/mol. The molecule has 0 unspecified atom stereocenters. The van der Waals surface area contributed by atoms with E-state index in [1.54, 1.807) is 6.07 Å². The van der Waals surface area contributed by atoms with Gasteiger partial charge in [-0.25, -0.2) is 0 Å². The minimum atomic E-state index is -4.21. The largest absolute Gasteiger partial charge is 0.295 e. The van der Waals surface area contributed by atoms with E-state index in [1.807, 2.05) is 45.0 Å². The maximum absolute atomic E-state index is 11.5. The van der Waals surface area contributed by atoms with E-state index >= 15 is 0 Å². The molecule has 3 nitrogen and oxygen atoms in total. The number of fused-ring (bicyclic) bond motifs is 1. The number of hydrogen-bond donors (Lipinski definition) is 1. The van der Waals surface area contributed by atoms with Gasteiger partial charge in [-0.15, -0.1) is 0 Å². The fourth-order valence-corrected chi connectivity index (χ4v) is 2.88. The Balaban J connectivity index is 2.99. The van der Waals surface area contributed by atoms with Crippen LogP contribution in [0.4, 0.5) is 0 Å². The average Bonchev–Trinajstić information content (AvgIpc) is 2.24. The van der Waals surface area contributed by atoms with Gasteiger partial charge in [-0.1, -0.05) is 51.1 Å². The third-order valence-electron chi connectivity index (χ3n) is 2.95. The molecule has 0 amide bonds. The molecule has 4 heteroatoms. The van der Waals surface area contributed by atoms with Crippen molar-refractivity contribution in [3.63, 3.8) is 0 Å². The summed E-state index contributed by atoms with van der Waals surface area (Å²) >= 11 is 0. The predicted octanol–water partition coefficient (Wildman–Crippen LogP) is 3.38. The van der Waals surface area contributed by atoms with E-state index in [-0.39, 0.29) is 10.3 Å². The predicted molar refractivity (Wildman–Crippen MR) is 72.5 cm³/mol. The topological polar surface area (TPSA) is 54.4 Å². The number of rotatable bonds is 1. The van der Waals surface area contributed by atoms with Crippen molar-refractivity contribution in [1.29, 1.82) is 0 Å². The summed E-state index contributed by atoms with van der Waals surface area (Å²) in [6.07, 6.45) is 0. The third-order valence-corrected chi connectivity index (χ3v) is 3.85. The van der Waals surface area contributed by atoms with Gasteiger partial charge in [0.15, 0.2) is 0 Å². The van der Waals surface area contributed by atoms with Crippen molar-refractivity contribution in [2.75, 3.05) is 0 Å². The van der Waals surface area contributed by atoms with Crippen LogP contribution in [0.15, 0.2) is 41.3 Å². The van der Waals surface area contributed by atoms with Crippen molar-refractivity contribution < 1.29 is 13.0 Å². The van der Waals surface area contributed by atoms with Crippen molar-refractivity contribution in [3.05, 3.63) is 42.0 Å². The summed E-state index contributed by atoms with van der Waals surface area (Å²) in [6.45, 7) is 6.05. The van der Waals surface area contributed by atoms with Crippen LogP contribution in [0.5, 0.6) is 0 Å². The first-order chi connectivity index (χ1) is 8.21. The fourth-order valence-electron chi connectivity index (χ4n) is 2.15. The van der Waals surface area contributed by atoms with Crippen LogP contribution in [-0.2, 0) is 15.5 Å². The second-order valence-electron chi connectivity index (χ2n) is 5.38. The molecule has 1 N–H and O–H groups in total. The fraction of sp³-hybridized carbons (Fsp3) is 0.286. The molecule has 96 valence electrons. The molecule has 0 atom stereocenters. The molecule has 0 radical (unpaired) electrons. The lowest BCUT2D eigenvalue weighted by Crippen LogP contribution is -2.13. The summed E-state index contributed by atoms with van der Waals surface area (Å²) < 4.78 is 32.3. The zero-order chi connectivity index (χ0) is 13.6. The van der Waals surface area contributed by atoms with E-state index in [0.29, 0.717) is 5.39 Å². The van der Waals surface area contributed by atoms with Gasteiger partial charge in [0, 0.05) is 5.39 Å². The van der Waals surface area contributed by atoms with E-state index in [1.165, 1.54) is 6.07 Å². The van der Waals surface area contributed by atoms with Crippen molar-refractivity contribution in [3.8, 4) is 0 Å². The molecule has 2 rings (SSSR count). The molecule has 0 saturated heterocycles. The highest BCUT2D eigenvalue weighted by molar-refractivity contribution is 7.86. The first kappa shape index (κ1) is 13.1. The van der Waals surface area contributed by atoms with Crippen LogP contribution >= 0.6 is 0 Å². The molecule has 0 aromatic heterocycles. The summed E-state index contributed by atoms with van der Waals surface area (Å²) in [6, 6.07) is 10.6. The van der Waals surface area contributed by atoms with E-state index in [9.17, 15) is 13.0 Å². The van der Waals surface area contributed by atoms with Crippen LogP contribution in [0.25, 0.3) is 10.8 Å². The van der Waals surface area contributed by atoms with E-state index in [0.717, 1.165) is 10.9 Å². The quantitative estimate of drug-likeness (QED) is 0.803. The Hall–Kier alpha value is -1.39. The Bertz CT molecular complexity index is 689. The molecule has 0 bridgehead atoms. The zero-order valence-corrected chi connectivity index (χ0v) is 11.5. The van der Waals surface area contributed by atoms with Crippen LogP contribution < -0.4 is 0 Å². The standard InChI is InChI=1S/C14H16O3S/c1-14(2,3)11-8-4-6-10-7-5-9-12(13(10)11)18(15,16)17/h4-9H,1-3H3,(H,15,16,17). The average molecular weight is 264 g/mol. The minimum Gasteiger partial charge on any atom is -0.282 e. The van der Waals surface area contributed by atoms with Crippen LogP contribution in [0, 0.1) is 0 Å². The lowest BCUT2D eigenvalue weighted by Gasteiger charge is -2.22. The normalized spacial score (nSPS) is 12.9. The van der Waals surface area contributed by atoms with Crippen LogP contribution in [0.2, 0.25) is 0 Å². The molecule has 0 heterocycles. The van der Waals surface area contributed by atoms with Crippen LogP contribution in [-0.4, -0.2) is 13.0 Å². The Morgan fingerprint density at radius 1 is 1.00 bits per heavy atom. The smallest absolute Gasteiger partial charge is 0.282 e. The first-order valence-corrected chi connectivity index (χ1v) is 7.15. The highest BCUT2D eigenvalue weighted by Gasteiger charge is 2.22. The highest BCUT2D eigenvalue weighted by Crippen LogP contribution is 2.33. The molecule has 0 saturated carbocycles. The van der Waals surface area contributed by atoms with E-state index in [4.69, 9.17) is 0 Å². The van der Waals surface area contributed by atoms with Gasteiger partial charge in [-0.05, 0) is 22.4 Å². The molecule has 2 aromatic carbocycles. The molecule has 18 heavy (non-hydrogen) atoms. The van der Waals surface area contributed by atoms with Crippen molar-refractivity contribution in [2.45, 2.75) is 31.1 Å². The molecule has 0 aliphatic rings. The van der Waals surface area contributed by atoms with Gasteiger partial charge in [0.1, 0.15) is 4.90 Å². The maximum atomic E-state index is 11.5. The van der Waals surface area contributed by atoms with Gasteiger partial charge in [-0.2, -0.15) is 8.42 Å². The summed E-state index contributed by atoms with van der Waals surface area (Å²) in [5.74, 6) is 0. The first-order valence-electron chi connectivity index (χ1n) is 5.71. The van der Waals surface area contributed by atoms with Gasteiger partial charge in [0.05, 0.1) is 0 Å². The summed E-state index contributed by atoms with van der Waals surface area (Å²) in [7, 11) is -4.21. The Morgan fingerprint density at radius 2 is 1.56 bits per heavy atom. The second kappa shape index (κ2) is 4.07. The lowest BCUT2D eigenvalue weighted by molar-refractivity contribution is 0.484. The van der Waals surface area contributed by atoms with Crippen molar-refractivity contribution in [1.82, 2.24) is 0 Å². The van der Waals surface area contributed by atoms with Gasteiger partial charge in [0.2, 0.25) is 0 Å². The van der Waals surface area contributed by atoms with Gasteiger partial charge in [0.25, 0.3) is 10.1 Å². The van der Waals surface area contributed by atoms with Gasteiger partial charge >= 0.3 is 0 Å². The molecule has 2 aromatic rings. The number of hydrogen-bond acceptors (Lipinski definition) is 2. The molecule has 0 aliphatic heterocycles. The van der Waals surface area contributed by atoms with Gasteiger partial charge < -0.3 is 0 Å². The molecule has 0 spiro atoms. The van der Waals surface area contributed by atoms with E-state index < -0.39 is 10.1 Å². The van der Waals surface area contributed by atoms with Gasteiger partial charge in [-0.3, -0.25) is 4.55 Å². The second-order valence-corrected chi connectivity index (χ2v) is 6.77. The molecule has 0 fully saturated rings. The number of benzene rings is 2. The highest BCUT2D eigenvalue weighted by atomic mass is 32.2. The maximum Gasteiger partial charge on any atom is 0.295 e. The minimum absolute atomic E-state index is 0.0227. The molecule has 0 aliphatic carbocycles. The Morgan fingerprint density at radius 3 is 2.06 bits per heavy atom. The molecular weight excluding hydrogens is 248 g/mol. The SMILES string of the molecule is CC(C)(C)c1cccc2cccc(S(=O)(=O)O)c12. The third kappa shape index (κ3) is 2.26. The zero-order valence-electron chi connectivity index (χ0n) is 10.6. The molecular formula is C14H16O3S. The Labute approximate surface area is 107 Å². The Kier molecular flexibility index (Phi) is 2.95. The lowest BCUT2D eigenvalue weighted by atomic mass is 9.84. The van der Waals surface area contributed by atoms with Crippen molar-refractivity contribution in [2.24, 2.45) is 0 Å². The van der Waals surface area contributed by atoms with E-state index in [2.05, 4.69) is 0 Å². The summed E-state index contributed by atoms with van der Waals surface area (Å²) in [5, 5.41) is 1.42. The summed E-state index contributed by atoms with van der Waals surface area (Å²) in [4.78, 5) is -0.0227.